The Bertz CT molecular complexity index is 346. The van der Waals surface area contributed by atoms with Crippen molar-refractivity contribution in [2.45, 2.75) is 64.2 Å². The number of nitrogens with zero attached hydrogens (tertiary/aromatic N) is 1. The molecular formula is C15H26N2O2. The van der Waals surface area contributed by atoms with Crippen LogP contribution in [0.25, 0.3) is 0 Å². The Labute approximate surface area is 115 Å². The van der Waals surface area contributed by atoms with Crippen molar-refractivity contribution in [3.05, 3.63) is 12.2 Å². The first-order chi connectivity index (χ1) is 9.02. The zero-order valence-electron chi connectivity index (χ0n) is 12.2. The maximum absolute atomic E-state index is 12.3. The van der Waals surface area contributed by atoms with Crippen molar-refractivity contribution in [3.8, 4) is 0 Å². The van der Waals surface area contributed by atoms with Gasteiger partial charge in [0.15, 0.2) is 0 Å². The lowest BCUT2D eigenvalue weighted by Crippen LogP contribution is -2.50. The molecule has 5 atom stereocenters. The summed E-state index contributed by atoms with van der Waals surface area (Å²) in [6.07, 6.45) is 7.17. The zero-order chi connectivity index (χ0) is 14.0. The molecule has 0 aromatic rings. The predicted molar refractivity (Wildman–Crippen MR) is 75.7 cm³/mol. The van der Waals surface area contributed by atoms with Gasteiger partial charge in [0.25, 0.3) is 0 Å². The van der Waals surface area contributed by atoms with Crippen LogP contribution in [0.4, 0.5) is 0 Å². The van der Waals surface area contributed by atoms with Crippen LogP contribution < -0.4 is 5.32 Å². The number of amides is 1. The first-order valence-corrected chi connectivity index (χ1v) is 7.40. The van der Waals surface area contributed by atoms with E-state index in [2.05, 4.69) is 24.1 Å². The van der Waals surface area contributed by atoms with Gasteiger partial charge < -0.3 is 10.4 Å². The second-order valence-corrected chi connectivity index (χ2v) is 6.08. The molecule has 4 heteroatoms. The van der Waals surface area contributed by atoms with Crippen LogP contribution in [0.2, 0.25) is 0 Å². The molecule has 1 aliphatic carbocycles. The first kappa shape index (κ1) is 14.5. The molecule has 1 amide bonds. The van der Waals surface area contributed by atoms with Gasteiger partial charge >= 0.3 is 0 Å². The van der Waals surface area contributed by atoms with E-state index in [0.717, 1.165) is 6.42 Å². The standard InChI is InChI=1S/C15H26N2O2/c1-10-4-5-11(2)17(10)12(3)15(19)16-14-7-6-13(8-14)9-18/h6-7,10-14,18H,4-5,8-9H2,1-3H3,(H,16,19)/t10?,11?,12?,13-,14+/m0/s1. The Morgan fingerprint density at radius 3 is 2.53 bits per heavy atom. The van der Waals surface area contributed by atoms with E-state index in [-0.39, 0.29) is 30.5 Å². The molecule has 0 bridgehead atoms. The van der Waals surface area contributed by atoms with E-state index in [9.17, 15) is 4.79 Å². The van der Waals surface area contributed by atoms with Crippen LogP contribution in [0.3, 0.4) is 0 Å². The van der Waals surface area contributed by atoms with Crippen LogP contribution in [0.15, 0.2) is 12.2 Å². The van der Waals surface area contributed by atoms with E-state index in [4.69, 9.17) is 5.11 Å². The van der Waals surface area contributed by atoms with Gasteiger partial charge in [-0.05, 0) is 40.0 Å². The highest BCUT2D eigenvalue weighted by atomic mass is 16.3. The molecular weight excluding hydrogens is 240 g/mol. The highest BCUT2D eigenvalue weighted by molar-refractivity contribution is 5.82. The van der Waals surface area contributed by atoms with Gasteiger partial charge in [-0.1, -0.05) is 12.2 Å². The molecule has 4 nitrogen and oxygen atoms in total. The molecule has 2 rings (SSSR count). The topological polar surface area (TPSA) is 52.6 Å². The van der Waals surface area contributed by atoms with Gasteiger partial charge in [0, 0.05) is 30.7 Å². The highest BCUT2D eigenvalue weighted by Gasteiger charge is 2.35. The summed E-state index contributed by atoms with van der Waals surface area (Å²) in [6, 6.07) is 0.981. The number of carbonyl (C=O) groups is 1. The molecule has 19 heavy (non-hydrogen) atoms. The van der Waals surface area contributed by atoms with Gasteiger partial charge in [-0.15, -0.1) is 0 Å². The molecule has 0 aromatic heterocycles. The van der Waals surface area contributed by atoms with Crippen molar-refractivity contribution in [1.82, 2.24) is 10.2 Å². The second kappa shape index (κ2) is 6.06. The normalized spacial score (nSPS) is 36.6. The summed E-state index contributed by atoms with van der Waals surface area (Å²) >= 11 is 0. The summed E-state index contributed by atoms with van der Waals surface area (Å²) in [7, 11) is 0. The molecule has 1 aliphatic heterocycles. The van der Waals surface area contributed by atoms with Crippen molar-refractivity contribution in [3.63, 3.8) is 0 Å². The fraction of sp³-hybridized carbons (Fsp3) is 0.800. The van der Waals surface area contributed by atoms with Crippen LogP contribution in [-0.4, -0.2) is 46.7 Å². The Hall–Kier alpha value is -0.870. The minimum atomic E-state index is -0.0749. The average molecular weight is 266 g/mol. The quantitative estimate of drug-likeness (QED) is 0.754. The third-order valence-electron chi connectivity index (χ3n) is 4.58. The SMILES string of the molecule is CC1CCC(C)N1C(C)C(=O)N[C@@H]1C=C[C@H](CO)C1. The maximum Gasteiger partial charge on any atom is 0.237 e. The van der Waals surface area contributed by atoms with Crippen molar-refractivity contribution in [1.29, 1.82) is 0 Å². The fourth-order valence-electron chi connectivity index (χ4n) is 3.43. The van der Waals surface area contributed by atoms with Crippen LogP contribution in [0.1, 0.15) is 40.0 Å². The lowest BCUT2D eigenvalue weighted by Gasteiger charge is -2.32. The van der Waals surface area contributed by atoms with Crippen molar-refractivity contribution < 1.29 is 9.90 Å². The van der Waals surface area contributed by atoms with Crippen molar-refractivity contribution in [2.24, 2.45) is 5.92 Å². The van der Waals surface area contributed by atoms with Gasteiger partial charge in [0.1, 0.15) is 0 Å². The van der Waals surface area contributed by atoms with Gasteiger partial charge in [-0.2, -0.15) is 0 Å². The predicted octanol–water partition coefficient (Wildman–Crippen LogP) is 1.30. The monoisotopic (exact) mass is 266 g/mol. The van der Waals surface area contributed by atoms with Crippen molar-refractivity contribution in [2.75, 3.05) is 6.61 Å². The van der Waals surface area contributed by atoms with Crippen molar-refractivity contribution >= 4 is 5.91 Å². The largest absolute Gasteiger partial charge is 0.396 e. The van der Waals surface area contributed by atoms with Crippen LogP contribution in [-0.2, 0) is 4.79 Å². The number of hydrogen-bond acceptors (Lipinski definition) is 3. The number of hydrogen-bond donors (Lipinski definition) is 2. The van der Waals surface area contributed by atoms with Crippen LogP contribution in [0, 0.1) is 5.92 Å². The minimum absolute atomic E-state index is 0.0749. The number of carbonyl (C=O) groups excluding carboxylic acids is 1. The van der Waals surface area contributed by atoms with E-state index < -0.39 is 0 Å². The Morgan fingerprint density at radius 2 is 2.00 bits per heavy atom. The van der Waals surface area contributed by atoms with Gasteiger partial charge in [0.2, 0.25) is 5.91 Å². The molecule has 2 N–H and O–H groups in total. The zero-order valence-corrected chi connectivity index (χ0v) is 12.2. The lowest BCUT2D eigenvalue weighted by atomic mass is 10.1. The average Bonchev–Trinajstić information content (AvgIpc) is 2.96. The molecule has 0 radical (unpaired) electrons. The van der Waals surface area contributed by atoms with E-state index >= 15 is 0 Å². The Balaban J connectivity index is 1.88. The van der Waals surface area contributed by atoms with Gasteiger partial charge in [-0.3, -0.25) is 9.69 Å². The summed E-state index contributed by atoms with van der Waals surface area (Å²) in [4.78, 5) is 14.6. The number of rotatable bonds is 4. The molecule has 108 valence electrons. The number of likely N-dealkylation sites (tertiary alicyclic amines) is 1. The summed E-state index contributed by atoms with van der Waals surface area (Å²) < 4.78 is 0. The molecule has 0 saturated carbocycles. The molecule has 3 unspecified atom stereocenters. The molecule has 1 fully saturated rings. The number of aliphatic hydroxyl groups is 1. The third-order valence-corrected chi connectivity index (χ3v) is 4.58. The third kappa shape index (κ3) is 3.18. The van der Waals surface area contributed by atoms with Crippen LogP contribution >= 0.6 is 0 Å². The van der Waals surface area contributed by atoms with Gasteiger partial charge in [-0.25, -0.2) is 0 Å². The van der Waals surface area contributed by atoms with Crippen LogP contribution in [0.5, 0.6) is 0 Å². The summed E-state index contributed by atoms with van der Waals surface area (Å²) in [6.45, 7) is 6.56. The Morgan fingerprint density at radius 1 is 1.37 bits per heavy atom. The first-order valence-electron chi connectivity index (χ1n) is 7.40. The minimum Gasteiger partial charge on any atom is -0.396 e. The highest BCUT2D eigenvalue weighted by Crippen LogP contribution is 2.26. The lowest BCUT2D eigenvalue weighted by molar-refractivity contribution is -0.127. The van der Waals surface area contributed by atoms with E-state index in [1.165, 1.54) is 12.8 Å². The number of aliphatic hydroxyl groups excluding tert-OH is 1. The number of nitrogens with one attached hydrogen (secondary N) is 1. The Kier molecular flexibility index (Phi) is 4.63. The van der Waals surface area contributed by atoms with Gasteiger partial charge in [0.05, 0.1) is 6.04 Å². The van der Waals surface area contributed by atoms with E-state index in [1.54, 1.807) is 0 Å². The summed E-state index contributed by atoms with van der Waals surface area (Å²) in [5.74, 6) is 0.305. The fourth-order valence-corrected chi connectivity index (χ4v) is 3.43. The summed E-state index contributed by atoms with van der Waals surface area (Å²) in [5.41, 5.74) is 0. The summed E-state index contributed by atoms with van der Waals surface area (Å²) in [5, 5.41) is 12.2. The second-order valence-electron chi connectivity index (χ2n) is 6.08. The van der Waals surface area contributed by atoms with E-state index in [1.807, 2.05) is 19.1 Å². The smallest absolute Gasteiger partial charge is 0.237 e. The molecule has 0 aromatic carbocycles. The molecule has 1 heterocycles. The molecule has 1 saturated heterocycles. The maximum atomic E-state index is 12.3. The molecule has 2 aliphatic rings. The van der Waals surface area contributed by atoms with E-state index in [0.29, 0.717) is 12.1 Å². The molecule has 0 spiro atoms.